The van der Waals surface area contributed by atoms with Gasteiger partial charge in [-0.05, 0) is 43.9 Å². The van der Waals surface area contributed by atoms with Gasteiger partial charge in [0, 0.05) is 6.54 Å². The molecule has 0 aromatic heterocycles. The molecule has 1 atom stereocenters. The minimum Gasteiger partial charge on any atom is -0.438 e. The van der Waals surface area contributed by atoms with E-state index in [1.807, 2.05) is 0 Å². The zero-order chi connectivity index (χ0) is 15.9. The van der Waals surface area contributed by atoms with E-state index in [4.69, 9.17) is 9.16 Å². The Hall–Kier alpha value is -0.653. The van der Waals surface area contributed by atoms with Gasteiger partial charge in [-0.1, -0.05) is 32.9 Å². The van der Waals surface area contributed by atoms with Crippen LogP contribution in [0, 0.1) is 0 Å². The van der Waals surface area contributed by atoms with Crippen molar-refractivity contribution >= 4 is 14.3 Å². The van der Waals surface area contributed by atoms with Gasteiger partial charge in [-0.2, -0.15) is 0 Å². The highest BCUT2D eigenvalue weighted by atomic mass is 28.4. The third kappa shape index (κ3) is 3.10. The van der Waals surface area contributed by atoms with Crippen molar-refractivity contribution in [1.29, 1.82) is 0 Å². The average molecular weight is 311 g/mol. The second-order valence-corrected chi connectivity index (χ2v) is 12.7. The van der Waals surface area contributed by atoms with E-state index < -0.39 is 13.9 Å². The molecule has 0 radical (unpaired) electrons. The quantitative estimate of drug-likeness (QED) is 0.346. The number of esters is 1. The fourth-order valence-corrected chi connectivity index (χ4v) is 3.78. The van der Waals surface area contributed by atoms with E-state index in [9.17, 15) is 4.79 Å². The van der Waals surface area contributed by atoms with Gasteiger partial charge in [-0.25, -0.2) is 4.79 Å². The van der Waals surface area contributed by atoms with Crippen LogP contribution in [0.3, 0.4) is 0 Å². The molecular weight excluding hydrogens is 282 g/mol. The van der Waals surface area contributed by atoms with Crippen molar-refractivity contribution in [3.05, 3.63) is 12.2 Å². The van der Waals surface area contributed by atoms with Crippen molar-refractivity contribution in [2.45, 2.75) is 63.7 Å². The molecule has 1 unspecified atom stereocenters. The third-order valence-corrected chi connectivity index (χ3v) is 9.83. The molecule has 2 heterocycles. The predicted molar refractivity (Wildman–Crippen MR) is 86.5 cm³/mol. The Bertz CT molecular complexity index is 441. The summed E-state index contributed by atoms with van der Waals surface area (Å²) in [7, 11) is -1.87. The van der Waals surface area contributed by atoms with Crippen LogP contribution < -0.4 is 0 Å². The Morgan fingerprint density at radius 2 is 2.10 bits per heavy atom. The fraction of sp³-hybridized carbons (Fsp3) is 0.812. The number of hydrogen-bond acceptors (Lipinski definition) is 4. The van der Waals surface area contributed by atoms with Gasteiger partial charge in [0.25, 0.3) is 0 Å². The Labute approximate surface area is 129 Å². The Morgan fingerprint density at radius 1 is 1.43 bits per heavy atom. The minimum atomic E-state index is -1.87. The maximum absolute atomic E-state index is 12.6. The van der Waals surface area contributed by atoms with Crippen molar-refractivity contribution in [3.63, 3.8) is 0 Å². The Balaban J connectivity index is 1.92. The van der Waals surface area contributed by atoms with Gasteiger partial charge < -0.3 is 9.16 Å². The van der Waals surface area contributed by atoms with Crippen LogP contribution in [0.25, 0.3) is 0 Å². The molecule has 2 saturated heterocycles. The van der Waals surface area contributed by atoms with Gasteiger partial charge in [-0.15, -0.1) is 0 Å². The zero-order valence-corrected chi connectivity index (χ0v) is 15.1. The second kappa shape index (κ2) is 5.52. The molecule has 0 spiro atoms. The van der Waals surface area contributed by atoms with Gasteiger partial charge in [0.2, 0.25) is 0 Å². The molecule has 5 heteroatoms. The molecule has 0 saturated carbocycles. The van der Waals surface area contributed by atoms with Crippen molar-refractivity contribution in [1.82, 2.24) is 4.90 Å². The number of rotatable bonds is 4. The molecule has 0 aromatic carbocycles. The summed E-state index contributed by atoms with van der Waals surface area (Å²) >= 11 is 0. The van der Waals surface area contributed by atoms with Gasteiger partial charge in [-0.3, -0.25) is 4.90 Å². The van der Waals surface area contributed by atoms with Gasteiger partial charge in [0.05, 0.1) is 0 Å². The molecule has 0 N–H and O–H groups in total. The predicted octanol–water partition coefficient (Wildman–Crippen LogP) is 3.30. The highest BCUT2D eigenvalue weighted by molar-refractivity contribution is 6.74. The summed E-state index contributed by atoms with van der Waals surface area (Å²) in [5.41, 5.74) is 0.686. The van der Waals surface area contributed by atoms with Crippen molar-refractivity contribution < 1.29 is 14.0 Å². The molecule has 2 rings (SSSR count). The molecule has 0 aliphatic carbocycles. The largest absolute Gasteiger partial charge is 0.438 e. The van der Waals surface area contributed by atoms with E-state index >= 15 is 0 Å². The van der Waals surface area contributed by atoms with E-state index in [0.717, 1.165) is 37.9 Å². The lowest BCUT2D eigenvalue weighted by molar-refractivity contribution is -0.162. The van der Waals surface area contributed by atoms with Crippen molar-refractivity contribution in [2.75, 3.05) is 19.9 Å². The summed E-state index contributed by atoms with van der Waals surface area (Å²) in [6.45, 7) is 16.8. The summed E-state index contributed by atoms with van der Waals surface area (Å²) in [4.78, 5) is 14.8. The molecular formula is C16H29NO3Si. The summed E-state index contributed by atoms with van der Waals surface area (Å²) in [5, 5.41) is 0.124. The van der Waals surface area contributed by atoms with E-state index in [1.54, 1.807) is 0 Å². The Morgan fingerprint density at radius 3 is 2.71 bits per heavy atom. The smallest absolute Gasteiger partial charge is 0.328 e. The zero-order valence-electron chi connectivity index (χ0n) is 14.1. The number of nitrogens with zero attached hydrogens (tertiary/aromatic N) is 1. The summed E-state index contributed by atoms with van der Waals surface area (Å²) in [6.07, 6.45) is 2.68. The minimum absolute atomic E-state index is 0.0807. The topological polar surface area (TPSA) is 38.8 Å². The third-order valence-electron chi connectivity index (χ3n) is 5.38. The van der Waals surface area contributed by atoms with E-state index in [-0.39, 0.29) is 17.8 Å². The van der Waals surface area contributed by atoms with Gasteiger partial charge >= 0.3 is 5.97 Å². The molecule has 4 nitrogen and oxygen atoms in total. The first kappa shape index (κ1) is 16.7. The van der Waals surface area contributed by atoms with Crippen molar-refractivity contribution in [2.24, 2.45) is 0 Å². The average Bonchev–Trinajstić information content (AvgIpc) is 2.83. The second-order valence-electron chi connectivity index (χ2n) is 7.94. The first-order chi connectivity index (χ1) is 9.58. The van der Waals surface area contributed by atoms with E-state index in [0.29, 0.717) is 0 Å². The SMILES string of the molecule is C=C1CN2CCCC2(C(=O)OCO[Si](C)(C)C(C)(C)C)C1. The molecule has 2 aliphatic rings. The molecule has 2 fully saturated rings. The molecule has 0 amide bonds. The monoisotopic (exact) mass is 311 g/mol. The number of fused-ring (bicyclic) bond motifs is 1. The molecule has 120 valence electrons. The maximum atomic E-state index is 12.6. The van der Waals surface area contributed by atoms with E-state index in [2.05, 4.69) is 45.3 Å². The molecule has 21 heavy (non-hydrogen) atoms. The maximum Gasteiger partial charge on any atom is 0.328 e. The molecule has 0 bridgehead atoms. The lowest BCUT2D eigenvalue weighted by atomic mass is 9.93. The van der Waals surface area contributed by atoms with E-state index in [1.165, 1.54) is 0 Å². The lowest BCUT2D eigenvalue weighted by Gasteiger charge is -2.36. The van der Waals surface area contributed by atoms with Gasteiger partial charge in [0.15, 0.2) is 15.1 Å². The number of hydrogen-bond donors (Lipinski definition) is 0. The highest BCUT2D eigenvalue weighted by Crippen LogP contribution is 2.42. The van der Waals surface area contributed by atoms with Crippen LogP contribution in [0.4, 0.5) is 0 Å². The van der Waals surface area contributed by atoms with Crippen LogP contribution in [0.5, 0.6) is 0 Å². The van der Waals surface area contributed by atoms with Crippen molar-refractivity contribution in [3.8, 4) is 0 Å². The van der Waals surface area contributed by atoms with Crippen LogP contribution in [0.2, 0.25) is 18.1 Å². The van der Waals surface area contributed by atoms with Crippen LogP contribution in [0.1, 0.15) is 40.0 Å². The summed E-state index contributed by atoms with van der Waals surface area (Å²) < 4.78 is 11.5. The summed E-state index contributed by atoms with van der Waals surface area (Å²) in [6, 6.07) is 0. The highest BCUT2D eigenvalue weighted by Gasteiger charge is 2.52. The van der Waals surface area contributed by atoms with Gasteiger partial charge in [0.1, 0.15) is 5.54 Å². The standard InChI is InChI=1S/C16H29NO3Si/c1-13-10-16(8-7-9-17(16)11-13)14(18)19-12-20-21(5,6)15(2,3)4/h1,7-12H2,2-6H3. The number of carbonyl (C=O) groups excluding carboxylic acids is 1. The first-order valence-electron chi connectivity index (χ1n) is 7.81. The van der Waals surface area contributed by atoms with Crippen LogP contribution in [-0.4, -0.2) is 44.6 Å². The van der Waals surface area contributed by atoms with Crippen LogP contribution in [0.15, 0.2) is 12.2 Å². The fourth-order valence-electron chi connectivity index (χ4n) is 2.99. The number of ether oxygens (including phenoxy) is 1. The van der Waals surface area contributed by atoms with Crippen LogP contribution in [-0.2, 0) is 14.0 Å². The Kier molecular flexibility index (Phi) is 4.39. The number of carbonyl (C=O) groups is 1. The molecule has 0 aromatic rings. The molecule has 2 aliphatic heterocycles. The first-order valence-corrected chi connectivity index (χ1v) is 10.7. The lowest BCUT2D eigenvalue weighted by Crippen LogP contribution is -2.48. The summed E-state index contributed by atoms with van der Waals surface area (Å²) in [5.74, 6) is -0.127. The van der Waals surface area contributed by atoms with Crippen LogP contribution >= 0.6 is 0 Å². The normalized spacial score (nSPS) is 27.0.